The third-order valence-corrected chi connectivity index (χ3v) is 4.72. The maximum Gasteiger partial charge on any atom is 0.146 e. The number of hydrogen-bond acceptors (Lipinski definition) is 4. The van der Waals surface area contributed by atoms with Gasteiger partial charge in [-0.2, -0.15) is 5.26 Å². The molecule has 2 heterocycles. The van der Waals surface area contributed by atoms with Crippen LogP contribution in [0.4, 0.5) is 5.82 Å². The van der Waals surface area contributed by atoms with E-state index in [1.165, 1.54) is 24.1 Å². The number of pyridine rings is 1. The van der Waals surface area contributed by atoms with E-state index in [4.69, 9.17) is 9.72 Å². The zero-order valence-electron chi connectivity index (χ0n) is 12.8. The molecule has 0 atom stereocenters. The van der Waals surface area contributed by atoms with Crippen LogP contribution in [-0.2, 0) is 17.6 Å². The average Bonchev–Trinajstić information content (AvgIpc) is 2.54. The van der Waals surface area contributed by atoms with Gasteiger partial charge in [0.15, 0.2) is 0 Å². The molecule has 1 aromatic rings. The number of nitrogens with zero attached hydrogens (tertiary/aromatic N) is 3. The standard InChI is InChI=1S/C17H23N3O/c1-21-12-13-6-8-20(9-7-13)17-15(11-18)10-14-4-2-3-5-16(14)19-17/h10,13H,2-9,12H2,1H3. The molecule has 1 aliphatic heterocycles. The third-order valence-electron chi connectivity index (χ3n) is 4.72. The van der Waals surface area contributed by atoms with E-state index in [2.05, 4.69) is 17.0 Å². The van der Waals surface area contributed by atoms with Crippen molar-refractivity contribution in [1.29, 1.82) is 5.26 Å². The van der Waals surface area contributed by atoms with Gasteiger partial charge in [0.2, 0.25) is 0 Å². The number of anilines is 1. The molecule has 0 aromatic carbocycles. The Morgan fingerprint density at radius 1 is 1.33 bits per heavy atom. The first-order valence-electron chi connectivity index (χ1n) is 7.98. The molecule has 0 spiro atoms. The Kier molecular flexibility index (Phi) is 4.40. The van der Waals surface area contributed by atoms with Crippen molar-refractivity contribution in [3.8, 4) is 6.07 Å². The van der Waals surface area contributed by atoms with Crippen LogP contribution in [0.1, 0.15) is 42.5 Å². The summed E-state index contributed by atoms with van der Waals surface area (Å²) in [5, 5.41) is 9.45. The molecule has 2 aliphatic rings. The molecule has 0 radical (unpaired) electrons. The van der Waals surface area contributed by atoms with Gasteiger partial charge in [0, 0.05) is 32.5 Å². The van der Waals surface area contributed by atoms with Crippen LogP contribution in [0, 0.1) is 17.2 Å². The number of piperidine rings is 1. The number of methoxy groups -OCH3 is 1. The summed E-state index contributed by atoms with van der Waals surface area (Å²) >= 11 is 0. The molecule has 1 aliphatic carbocycles. The SMILES string of the molecule is COCC1CCN(c2nc3c(cc2C#N)CCCC3)CC1. The lowest BCUT2D eigenvalue weighted by atomic mass is 9.94. The van der Waals surface area contributed by atoms with E-state index in [1.54, 1.807) is 7.11 Å². The van der Waals surface area contributed by atoms with Crippen LogP contribution < -0.4 is 4.90 Å². The second kappa shape index (κ2) is 6.44. The van der Waals surface area contributed by atoms with Crippen molar-refractivity contribution in [3.05, 3.63) is 22.9 Å². The Bertz CT molecular complexity index is 542. The van der Waals surface area contributed by atoms with Crippen LogP contribution in [0.15, 0.2) is 6.07 Å². The summed E-state index contributed by atoms with van der Waals surface area (Å²) in [4.78, 5) is 7.14. The minimum absolute atomic E-state index is 0.648. The van der Waals surface area contributed by atoms with Crippen molar-refractivity contribution >= 4 is 5.82 Å². The predicted octanol–water partition coefficient (Wildman–Crippen LogP) is 2.69. The summed E-state index contributed by atoms with van der Waals surface area (Å²) in [6, 6.07) is 4.43. The molecular weight excluding hydrogens is 262 g/mol. The van der Waals surface area contributed by atoms with Gasteiger partial charge < -0.3 is 9.64 Å². The highest BCUT2D eigenvalue weighted by atomic mass is 16.5. The van der Waals surface area contributed by atoms with Crippen molar-refractivity contribution in [2.24, 2.45) is 5.92 Å². The Hall–Kier alpha value is -1.60. The number of nitriles is 1. The fraction of sp³-hybridized carbons (Fsp3) is 0.647. The van der Waals surface area contributed by atoms with Crippen molar-refractivity contribution in [2.45, 2.75) is 38.5 Å². The van der Waals surface area contributed by atoms with Gasteiger partial charge in [-0.15, -0.1) is 0 Å². The van der Waals surface area contributed by atoms with E-state index in [9.17, 15) is 5.26 Å². The zero-order chi connectivity index (χ0) is 14.7. The van der Waals surface area contributed by atoms with E-state index in [0.717, 1.165) is 56.8 Å². The molecule has 21 heavy (non-hydrogen) atoms. The van der Waals surface area contributed by atoms with Crippen molar-refractivity contribution in [2.75, 3.05) is 31.7 Å². The summed E-state index contributed by atoms with van der Waals surface area (Å²) in [5.74, 6) is 1.56. The lowest BCUT2D eigenvalue weighted by Gasteiger charge is -2.33. The summed E-state index contributed by atoms with van der Waals surface area (Å²) in [6.45, 7) is 2.81. The minimum Gasteiger partial charge on any atom is -0.384 e. The number of aromatic nitrogens is 1. The molecule has 112 valence electrons. The van der Waals surface area contributed by atoms with E-state index < -0.39 is 0 Å². The van der Waals surface area contributed by atoms with Gasteiger partial charge in [0.1, 0.15) is 11.9 Å². The van der Waals surface area contributed by atoms with E-state index >= 15 is 0 Å². The molecule has 0 saturated carbocycles. The molecule has 1 fully saturated rings. The van der Waals surface area contributed by atoms with Crippen LogP contribution in [-0.4, -0.2) is 31.8 Å². The van der Waals surface area contributed by atoms with Gasteiger partial charge in [0.25, 0.3) is 0 Å². The first-order valence-corrected chi connectivity index (χ1v) is 7.98. The predicted molar refractivity (Wildman–Crippen MR) is 82.4 cm³/mol. The van der Waals surface area contributed by atoms with Gasteiger partial charge in [-0.05, 0) is 56.1 Å². The smallest absolute Gasteiger partial charge is 0.146 e. The topological polar surface area (TPSA) is 49.1 Å². The number of ether oxygens (including phenoxy) is 1. The van der Waals surface area contributed by atoms with Crippen LogP contribution in [0.3, 0.4) is 0 Å². The lowest BCUT2D eigenvalue weighted by molar-refractivity contribution is 0.139. The van der Waals surface area contributed by atoms with Crippen LogP contribution in [0.2, 0.25) is 0 Å². The Balaban J connectivity index is 1.80. The maximum atomic E-state index is 9.45. The molecule has 4 nitrogen and oxygen atoms in total. The van der Waals surface area contributed by atoms with Gasteiger partial charge >= 0.3 is 0 Å². The van der Waals surface area contributed by atoms with Gasteiger partial charge in [-0.3, -0.25) is 0 Å². The lowest BCUT2D eigenvalue weighted by Crippen LogP contribution is -2.36. The molecule has 4 heteroatoms. The van der Waals surface area contributed by atoms with Crippen LogP contribution in [0.5, 0.6) is 0 Å². The quantitative estimate of drug-likeness (QED) is 0.856. The summed E-state index contributed by atoms with van der Waals surface area (Å²) < 4.78 is 5.26. The van der Waals surface area contributed by atoms with Crippen LogP contribution in [0.25, 0.3) is 0 Å². The molecular formula is C17H23N3O. The highest BCUT2D eigenvalue weighted by Crippen LogP contribution is 2.29. The second-order valence-corrected chi connectivity index (χ2v) is 6.17. The summed E-state index contributed by atoms with van der Waals surface area (Å²) in [6.07, 6.45) is 6.83. The summed E-state index contributed by atoms with van der Waals surface area (Å²) in [5.41, 5.74) is 3.26. The number of hydrogen-bond donors (Lipinski definition) is 0. The highest BCUT2D eigenvalue weighted by Gasteiger charge is 2.24. The Morgan fingerprint density at radius 2 is 2.10 bits per heavy atom. The normalized spacial score (nSPS) is 19.1. The molecule has 1 aromatic heterocycles. The molecule has 0 bridgehead atoms. The fourth-order valence-corrected chi connectivity index (χ4v) is 3.49. The second-order valence-electron chi connectivity index (χ2n) is 6.17. The van der Waals surface area contributed by atoms with Crippen LogP contribution >= 0.6 is 0 Å². The third kappa shape index (κ3) is 3.03. The first-order chi connectivity index (χ1) is 10.3. The monoisotopic (exact) mass is 285 g/mol. The van der Waals surface area contributed by atoms with Gasteiger partial charge in [-0.25, -0.2) is 4.98 Å². The number of aryl methyl sites for hydroxylation is 2. The summed E-state index contributed by atoms with van der Waals surface area (Å²) in [7, 11) is 1.77. The Labute approximate surface area is 126 Å². The number of rotatable bonds is 3. The molecule has 1 saturated heterocycles. The average molecular weight is 285 g/mol. The van der Waals surface area contributed by atoms with Gasteiger partial charge in [-0.1, -0.05) is 0 Å². The van der Waals surface area contributed by atoms with Crippen molar-refractivity contribution in [3.63, 3.8) is 0 Å². The molecule has 0 N–H and O–H groups in total. The van der Waals surface area contributed by atoms with E-state index in [1.807, 2.05) is 0 Å². The molecule has 3 rings (SSSR count). The van der Waals surface area contributed by atoms with Gasteiger partial charge in [0.05, 0.1) is 5.56 Å². The zero-order valence-corrected chi connectivity index (χ0v) is 12.8. The maximum absolute atomic E-state index is 9.45. The molecule has 0 amide bonds. The fourth-order valence-electron chi connectivity index (χ4n) is 3.49. The largest absolute Gasteiger partial charge is 0.384 e. The Morgan fingerprint density at radius 3 is 2.81 bits per heavy atom. The minimum atomic E-state index is 0.648. The first kappa shape index (κ1) is 14.3. The van der Waals surface area contributed by atoms with Crippen molar-refractivity contribution in [1.82, 2.24) is 4.98 Å². The van der Waals surface area contributed by atoms with E-state index in [0.29, 0.717) is 5.92 Å². The highest BCUT2D eigenvalue weighted by molar-refractivity contribution is 5.56. The van der Waals surface area contributed by atoms with Crippen molar-refractivity contribution < 1.29 is 4.74 Å². The van der Waals surface area contributed by atoms with E-state index in [-0.39, 0.29) is 0 Å². The number of fused-ring (bicyclic) bond motifs is 1. The molecule has 0 unspecified atom stereocenters.